The van der Waals surface area contributed by atoms with E-state index < -0.39 is 48.3 Å². The molecule has 8 N–H and O–H groups in total. The summed E-state index contributed by atoms with van der Waals surface area (Å²) in [5.74, 6) is -3.05. The molecule has 2 aliphatic rings. The maximum Gasteiger partial charge on any atom is 0.305 e. The van der Waals surface area contributed by atoms with Crippen LogP contribution >= 0.6 is 0 Å². The summed E-state index contributed by atoms with van der Waals surface area (Å²) in [6.45, 7) is 6.53. The smallest absolute Gasteiger partial charge is 0.305 e. The van der Waals surface area contributed by atoms with Crippen molar-refractivity contribution >= 4 is 53.2 Å². The summed E-state index contributed by atoms with van der Waals surface area (Å²) in [5.41, 5.74) is 3.61. The third-order valence-corrected chi connectivity index (χ3v) is 19.0. The fraction of sp³-hybridized carbons (Fsp3) is 0.577. The number of carbonyl (C=O) groups is 9. The Morgan fingerprint density at radius 1 is 0.465 bits per heavy atom. The van der Waals surface area contributed by atoms with Crippen LogP contribution in [-0.4, -0.2) is 171 Å². The predicted molar refractivity (Wildman–Crippen MR) is 388 cm³/mol. The van der Waals surface area contributed by atoms with Crippen molar-refractivity contribution in [3.63, 3.8) is 0 Å². The van der Waals surface area contributed by atoms with Crippen molar-refractivity contribution in [3.05, 3.63) is 144 Å². The molecule has 99 heavy (non-hydrogen) atoms. The van der Waals surface area contributed by atoms with Crippen LogP contribution in [0.25, 0.3) is 0 Å². The first-order chi connectivity index (χ1) is 48.1. The van der Waals surface area contributed by atoms with Gasteiger partial charge in [0.05, 0.1) is 37.3 Å². The zero-order chi connectivity index (χ0) is 71.0. The molecule has 2 saturated heterocycles. The molecule has 2 fully saturated rings. The number of likely N-dealkylation sites (N-methyl/N-ethyl adjacent to an activating group) is 2. The van der Waals surface area contributed by atoms with Crippen molar-refractivity contribution < 1.29 is 47.9 Å². The number of unbranched alkanes of at least 4 members (excludes halogenated alkanes) is 14. The minimum Gasteiger partial charge on any atom is -0.464 e. The zero-order valence-corrected chi connectivity index (χ0v) is 59.7. The predicted octanol–water partition coefficient (Wildman–Crippen LogP) is 8.86. The Labute approximate surface area is 589 Å². The van der Waals surface area contributed by atoms with E-state index in [1.54, 1.807) is 42.6 Å². The van der Waals surface area contributed by atoms with E-state index in [4.69, 9.17) is 4.74 Å². The Morgan fingerprint density at radius 3 is 1.17 bits per heavy atom. The van der Waals surface area contributed by atoms with Crippen molar-refractivity contribution in [1.29, 1.82) is 0 Å². The fourth-order valence-electron chi connectivity index (χ4n) is 12.9. The van der Waals surface area contributed by atoms with E-state index in [2.05, 4.69) is 49.5 Å². The number of rotatable bonds is 47. The number of nitrogens with zero attached hydrogens (tertiary/aromatic N) is 3. The first-order valence-electron chi connectivity index (χ1n) is 36.9. The molecular weight excluding hydrogens is 1250 g/mol. The second kappa shape index (κ2) is 45.6. The van der Waals surface area contributed by atoms with Crippen LogP contribution in [0.4, 0.5) is 0 Å². The lowest BCUT2D eigenvalue weighted by atomic mass is 9.98. The Balaban J connectivity index is 1.02. The topological polar surface area (TPSA) is 269 Å². The molecule has 21 heteroatoms. The Bertz CT molecular complexity index is 2800. The molecule has 0 unspecified atom stereocenters. The minimum atomic E-state index is -0.933. The highest BCUT2D eigenvalue weighted by molar-refractivity contribution is 5.95. The number of hydrogen-bond donors (Lipinski definition) is 8. The summed E-state index contributed by atoms with van der Waals surface area (Å²) in [4.78, 5) is 129. The second-order valence-corrected chi connectivity index (χ2v) is 26.7. The molecule has 8 amide bonds. The minimum absolute atomic E-state index is 0.0290. The number of hydrogen-bond acceptors (Lipinski definition) is 13. The van der Waals surface area contributed by atoms with Crippen LogP contribution < -0.4 is 42.5 Å². The molecule has 2 heterocycles. The van der Waals surface area contributed by atoms with Crippen LogP contribution in [0.2, 0.25) is 0 Å². The number of nitrogens with one attached hydrogen (secondary N) is 8. The largest absolute Gasteiger partial charge is 0.464 e. The van der Waals surface area contributed by atoms with Gasteiger partial charge in [-0.05, 0) is 121 Å². The Morgan fingerprint density at radius 2 is 0.818 bits per heavy atom. The molecule has 6 rings (SSSR count). The van der Waals surface area contributed by atoms with Crippen LogP contribution in [-0.2, 0) is 47.9 Å². The molecular formula is C78H115N11O10. The lowest BCUT2D eigenvalue weighted by molar-refractivity contribution is -0.144. The highest BCUT2D eigenvalue weighted by Gasteiger charge is 2.41. The highest BCUT2D eigenvalue weighted by Crippen LogP contribution is 2.28. The molecule has 2 aliphatic heterocycles. The van der Waals surface area contributed by atoms with Gasteiger partial charge in [-0.1, -0.05) is 205 Å². The van der Waals surface area contributed by atoms with E-state index in [0.717, 1.165) is 47.9 Å². The van der Waals surface area contributed by atoms with Crippen LogP contribution in [0.1, 0.15) is 209 Å². The summed E-state index contributed by atoms with van der Waals surface area (Å²) in [6, 6.07) is 33.3. The zero-order valence-electron chi connectivity index (χ0n) is 59.7. The van der Waals surface area contributed by atoms with Crippen LogP contribution in [0.15, 0.2) is 121 Å². The van der Waals surface area contributed by atoms with Gasteiger partial charge in [0.2, 0.25) is 47.3 Å². The number of carbonyl (C=O) groups excluding carboxylic acids is 9. The van der Waals surface area contributed by atoms with E-state index in [-0.39, 0.29) is 112 Å². The summed E-state index contributed by atoms with van der Waals surface area (Å²) >= 11 is 0. The average molecular weight is 1370 g/mol. The van der Waals surface area contributed by atoms with Gasteiger partial charge in [0, 0.05) is 39.1 Å². The number of esters is 1. The molecule has 4 aromatic rings. The molecule has 0 spiro atoms. The van der Waals surface area contributed by atoms with Crippen molar-refractivity contribution in [2.24, 2.45) is 0 Å². The van der Waals surface area contributed by atoms with Crippen LogP contribution in [0.5, 0.6) is 0 Å². The van der Waals surface area contributed by atoms with Crippen LogP contribution in [0, 0.1) is 0 Å². The lowest BCUT2D eigenvalue weighted by Crippen LogP contribution is -2.55. The normalized spacial score (nSPS) is 15.6. The molecule has 0 aromatic heterocycles. The Hall–Kier alpha value is -8.01. The van der Waals surface area contributed by atoms with Crippen LogP contribution in [0.3, 0.4) is 0 Å². The molecule has 0 radical (unpaired) electrons. The van der Waals surface area contributed by atoms with Gasteiger partial charge in [-0.3, -0.25) is 48.1 Å². The van der Waals surface area contributed by atoms with E-state index in [0.29, 0.717) is 64.5 Å². The molecule has 542 valence electrons. The average Bonchev–Trinajstić information content (AvgIpc) is 1.49. The molecule has 0 saturated carbocycles. The van der Waals surface area contributed by atoms with Gasteiger partial charge >= 0.3 is 5.97 Å². The molecule has 21 nitrogen and oxygen atoms in total. The van der Waals surface area contributed by atoms with E-state index >= 15 is 0 Å². The summed E-state index contributed by atoms with van der Waals surface area (Å²) in [6.07, 6.45) is 20.2. The Kier molecular flexibility index (Phi) is 36.8. The van der Waals surface area contributed by atoms with Crippen molar-refractivity contribution in [3.8, 4) is 0 Å². The van der Waals surface area contributed by atoms with Gasteiger partial charge in [0.25, 0.3) is 0 Å². The van der Waals surface area contributed by atoms with Gasteiger partial charge in [0.15, 0.2) is 0 Å². The fourth-order valence-corrected chi connectivity index (χ4v) is 12.9. The number of benzene rings is 4. The summed E-state index contributed by atoms with van der Waals surface area (Å²) < 4.78 is 5.65. The second-order valence-electron chi connectivity index (χ2n) is 26.7. The molecule has 4 aromatic carbocycles. The number of likely N-dealkylation sites (tertiary alicyclic amines) is 2. The SMILES string of the molecule is CCCCCCCCCCCCCCCC(=O)OCCN(CC(=O)NCCCC[C@H](NC(=O)[C@H](C)NC)C(=O)N1CCC[C@H]1C(=O)NC(c1ccccc1)c1ccccc1)CC(=O)NCCCC[C@H](NC(=O)[C@H](C)NC)C(=O)N1CCC[C@H]1C(=O)NC(c1ccccc1)c1ccccc1. The van der Waals surface area contributed by atoms with Gasteiger partial charge < -0.3 is 57.1 Å². The van der Waals surface area contributed by atoms with Crippen molar-refractivity contribution in [2.45, 2.75) is 223 Å². The first kappa shape index (κ1) is 80.0. The van der Waals surface area contributed by atoms with Gasteiger partial charge in [-0.25, -0.2) is 0 Å². The quantitative estimate of drug-likeness (QED) is 0.0152. The standard InChI is InChI=1S/C78H115N11O10/c1-6-7-8-9-10-11-12-13-14-15-16-17-30-49-70(92)99-55-54-87(56-68(90)81-50-33-31-45-64(83-73(93)58(2)79-4)77(97)88-52-35-47-66(88)75(95)85-71(60-37-22-18-23-38-60)61-39-24-19-25-40-61)57-69(91)82-51-34-32-46-65(84-74(94)59(3)80-5)78(98)89-53-36-48-67(89)76(96)86-72(62-41-26-20-27-42-62)63-43-28-21-29-44-63/h18-29,37-44,58-59,64-67,71-72,79-80H,6-17,30-36,45-57H2,1-5H3,(H,81,90)(H,82,91)(H,83,93)(H,84,94)(H,85,95)(H,86,96)/t58-,59-,64-,65-,66-,67-/m0/s1. The maximum atomic E-state index is 14.5. The summed E-state index contributed by atoms with van der Waals surface area (Å²) in [7, 11) is 3.32. The maximum absolute atomic E-state index is 14.5. The molecule has 6 atom stereocenters. The lowest BCUT2D eigenvalue weighted by Gasteiger charge is -2.30. The van der Waals surface area contributed by atoms with Gasteiger partial charge in [0.1, 0.15) is 30.8 Å². The highest BCUT2D eigenvalue weighted by atomic mass is 16.5. The molecule has 0 bridgehead atoms. The number of ether oxygens (including phenoxy) is 1. The van der Waals surface area contributed by atoms with E-state index in [1.165, 1.54) is 57.8 Å². The third-order valence-electron chi connectivity index (χ3n) is 19.0. The number of amides is 8. The van der Waals surface area contributed by atoms with Crippen molar-refractivity contribution in [1.82, 2.24) is 57.2 Å². The van der Waals surface area contributed by atoms with E-state index in [1.807, 2.05) is 121 Å². The monoisotopic (exact) mass is 1370 g/mol. The summed E-state index contributed by atoms with van der Waals surface area (Å²) in [5, 5.41) is 24.1. The third kappa shape index (κ3) is 28.3. The first-order valence-corrected chi connectivity index (χ1v) is 36.9. The van der Waals surface area contributed by atoms with Gasteiger partial charge in [-0.15, -0.1) is 0 Å². The van der Waals surface area contributed by atoms with Crippen molar-refractivity contribution in [2.75, 3.05) is 66.5 Å². The van der Waals surface area contributed by atoms with E-state index in [9.17, 15) is 43.2 Å². The van der Waals surface area contributed by atoms with Gasteiger partial charge in [-0.2, -0.15) is 0 Å². The molecule has 0 aliphatic carbocycles.